The van der Waals surface area contributed by atoms with Crippen LogP contribution in [0, 0.1) is 0 Å². The lowest BCUT2D eigenvalue weighted by Crippen LogP contribution is -2.40. The number of nitrogens with one attached hydrogen (secondary N) is 1. The minimum Gasteiger partial charge on any atom is -0.394 e. The van der Waals surface area contributed by atoms with Gasteiger partial charge in [0.1, 0.15) is 24.4 Å². The van der Waals surface area contributed by atoms with E-state index in [4.69, 9.17) is 26.3 Å². The van der Waals surface area contributed by atoms with Gasteiger partial charge < -0.3 is 25.2 Å². The molecule has 0 aliphatic carbocycles. The molecular weight excluding hydrogens is 302 g/mol. The number of aliphatic hydroxyl groups is 4. The third-order valence-electron chi connectivity index (χ3n) is 3.19. The van der Waals surface area contributed by atoms with E-state index < -0.39 is 37.3 Å². The van der Waals surface area contributed by atoms with Crippen LogP contribution in [0.2, 0.25) is 5.02 Å². The van der Waals surface area contributed by atoms with Crippen molar-refractivity contribution in [2.75, 3.05) is 6.61 Å². The van der Waals surface area contributed by atoms with Crippen LogP contribution in [0.1, 0.15) is 5.56 Å². The van der Waals surface area contributed by atoms with Gasteiger partial charge >= 0.3 is 0 Å². The maximum atomic E-state index is 9.76. The highest BCUT2D eigenvalue weighted by Crippen LogP contribution is 2.24. The molecule has 1 aromatic carbocycles. The Kier molecular flexibility index (Phi) is 5.91. The molecule has 21 heavy (non-hydrogen) atoms. The van der Waals surface area contributed by atoms with E-state index in [0.717, 1.165) is 5.56 Å². The van der Waals surface area contributed by atoms with Gasteiger partial charge in [0.05, 0.1) is 6.61 Å². The molecule has 1 aliphatic heterocycles. The first-order chi connectivity index (χ1) is 10.0. The van der Waals surface area contributed by atoms with Gasteiger partial charge in [-0.15, -0.1) is 0 Å². The number of hydroxylamine groups is 1. The van der Waals surface area contributed by atoms with Gasteiger partial charge in [0.2, 0.25) is 6.29 Å². The van der Waals surface area contributed by atoms with Crippen molar-refractivity contribution in [1.82, 2.24) is 5.48 Å². The van der Waals surface area contributed by atoms with Gasteiger partial charge in [0.15, 0.2) is 0 Å². The highest BCUT2D eigenvalue weighted by atomic mass is 35.5. The molecule has 0 amide bonds. The molecule has 0 unspecified atom stereocenters. The Hall–Kier alpha value is -0.770. The Balaban J connectivity index is 1.83. The lowest BCUT2D eigenvalue weighted by molar-refractivity contribution is -0.211. The molecule has 0 saturated carbocycles. The van der Waals surface area contributed by atoms with E-state index in [0.29, 0.717) is 11.6 Å². The van der Waals surface area contributed by atoms with E-state index in [-0.39, 0.29) is 0 Å². The minimum absolute atomic E-state index is 0.316. The van der Waals surface area contributed by atoms with E-state index in [9.17, 15) is 15.3 Å². The second kappa shape index (κ2) is 7.48. The Bertz CT molecular complexity index is 462. The van der Waals surface area contributed by atoms with Crippen molar-refractivity contribution in [3.05, 3.63) is 34.9 Å². The SMILES string of the molecule is OC[C@H](O)[C@H]1O[C@H](ONCc2cccc(Cl)c2)[C@H](O)[C@H]1O. The van der Waals surface area contributed by atoms with Gasteiger partial charge in [0, 0.05) is 11.6 Å². The normalized spacial score (nSPS) is 30.5. The molecule has 1 aromatic rings. The monoisotopic (exact) mass is 319 g/mol. The molecule has 1 aliphatic rings. The standard InChI is InChI=1S/C13H18ClNO6/c14-8-3-1-2-7(4-8)5-15-21-13-11(19)10(18)12(20-13)9(17)6-16/h1-4,9-13,15-19H,5-6H2/t9-,10+,11+,12+,13+/m0/s1. The van der Waals surface area contributed by atoms with Crippen molar-refractivity contribution in [3.63, 3.8) is 0 Å². The molecule has 0 aromatic heterocycles. The third-order valence-corrected chi connectivity index (χ3v) is 3.42. The van der Waals surface area contributed by atoms with Crippen LogP contribution >= 0.6 is 11.6 Å². The van der Waals surface area contributed by atoms with E-state index in [1.54, 1.807) is 18.2 Å². The summed E-state index contributed by atoms with van der Waals surface area (Å²) in [6, 6.07) is 7.11. The zero-order valence-corrected chi connectivity index (χ0v) is 11.8. The molecule has 0 radical (unpaired) electrons. The maximum absolute atomic E-state index is 9.76. The predicted octanol–water partition coefficient (Wildman–Crippen LogP) is -0.839. The molecule has 0 spiro atoms. The van der Waals surface area contributed by atoms with E-state index >= 15 is 0 Å². The van der Waals surface area contributed by atoms with Crippen LogP contribution in [-0.2, 0) is 16.1 Å². The fourth-order valence-corrected chi connectivity index (χ4v) is 2.26. The number of halogens is 1. The highest BCUT2D eigenvalue weighted by Gasteiger charge is 2.46. The van der Waals surface area contributed by atoms with Crippen LogP contribution in [0.5, 0.6) is 0 Å². The fraction of sp³-hybridized carbons (Fsp3) is 0.538. The second-order valence-electron chi connectivity index (χ2n) is 4.77. The predicted molar refractivity (Wildman–Crippen MR) is 73.1 cm³/mol. The summed E-state index contributed by atoms with van der Waals surface area (Å²) in [5.41, 5.74) is 3.46. The highest BCUT2D eigenvalue weighted by molar-refractivity contribution is 6.30. The molecular formula is C13H18ClNO6. The van der Waals surface area contributed by atoms with Crippen molar-refractivity contribution >= 4 is 11.6 Å². The van der Waals surface area contributed by atoms with Crippen molar-refractivity contribution < 1.29 is 30.0 Å². The number of ether oxygens (including phenoxy) is 1. The Labute approximate surface area is 126 Å². The number of hydrogen-bond acceptors (Lipinski definition) is 7. The summed E-state index contributed by atoms with van der Waals surface area (Å²) in [4.78, 5) is 5.14. The Morgan fingerprint density at radius 3 is 2.76 bits per heavy atom. The summed E-state index contributed by atoms with van der Waals surface area (Å²) in [5, 5.41) is 38.4. The zero-order valence-electron chi connectivity index (χ0n) is 11.1. The molecule has 8 heteroatoms. The van der Waals surface area contributed by atoms with Crippen molar-refractivity contribution in [2.45, 2.75) is 37.3 Å². The molecule has 118 valence electrons. The maximum Gasteiger partial charge on any atom is 0.206 e. The lowest BCUT2D eigenvalue weighted by atomic mass is 10.1. The van der Waals surface area contributed by atoms with Crippen molar-refractivity contribution in [2.24, 2.45) is 0 Å². The number of rotatable bonds is 6. The van der Waals surface area contributed by atoms with E-state index in [1.807, 2.05) is 6.07 Å². The second-order valence-corrected chi connectivity index (χ2v) is 5.21. The summed E-state index contributed by atoms with van der Waals surface area (Å²) in [6.45, 7) is -0.270. The first-order valence-electron chi connectivity index (χ1n) is 6.46. The van der Waals surface area contributed by atoms with Gasteiger partial charge in [-0.05, 0) is 17.7 Å². The van der Waals surface area contributed by atoms with Crippen LogP contribution in [0.15, 0.2) is 24.3 Å². The Morgan fingerprint density at radius 2 is 2.10 bits per heavy atom. The number of aliphatic hydroxyl groups excluding tert-OH is 4. The zero-order chi connectivity index (χ0) is 15.4. The minimum atomic E-state index is -1.34. The fourth-order valence-electron chi connectivity index (χ4n) is 2.04. The van der Waals surface area contributed by atoms with Gasteiger partial charge in [0.25, 0.3) is 0 Å². The van der Waals surface area contributed by atoms with Crippen LogP contribution in [-0.4, -0.2) is 57.7 Å². The summed E-state index contributed by atoms with van der Waals surface area (Å²) < 4.78 is 5.18. The summed E-state index contributed by atoms with van der Waals surface area (Å²) in [7, 11) is 0. The average molecular weight is 320 g/mol. The van der Waals surface area contributed by atoms with Crippen LogP contribution in [0.4, 0.5) is 0 Å². The summed E-state index contributed by atoms with van der Waals surface area (Å²) >= 11 is 5.85. The third kappa shape index (κ3) is 4.12. The van der Waals surface area contributed by atoms with Gasteiger partial charge in [-0.1, -0.05) is 23.7 Å². The van der Waals surface area contributed by atoms with Crippen LogP contribution in [0.3, 0.4) is 0 Å². The quantitative estimate of drug-likeness (QED) is 0.435. The van der Waals surface area contributed by atoms with E-state index in [2.05, 4.69) is 5.48 Å². The summed E-state index contributed by atoms with van der Waals surface area (Å²) in [5.74, 6) is 0. The molecule has 7 nitrogen and oxygen atoms in total. The van der Waals surface area contributed by atoms with Crippen LogP contribution in [0.25, 0.3) is 0 Å². The first-order valence-corrected chi connectivity index (χ1v) is 6.84. The molecule has 2 rings (SSSR count). The number of benzene rings is 1. The van der Waals surface area contributed by atoms with Gasteiger partial charge in [-0.3, -0.25) is 4.84 Å². The molecule has 5 atom stereocenters. The van der Waals surface area contributed by atoms with Crippen molar-refractivity contribution in [3.8, 4) is 0 Å². The van der Waals surface area contributed by atoms with E-state index in [1.165, 1.54) is 0 Å². The van der Waals surface area contributed by atoms with Crippen molar-refractivity contribution in [1.29, 1.82) is 0 Å². The largest absolute Gasteiger partial charge is 0.394 e. The molecule has 1 fully saturated rings. The molecule has 0 bridgehead atoms. The first kappa shape index (κ1) is 16.6. The molecule has 5 N–H and O–H groups in total. The van der Waals surface area contributed by atoms with Crippen LogP contribution < -0.4 is 5.48 Å². The van der Waals surface area contributed by atoms with Gasteiger partial charge in [-0.25, -0.2) is 0 Å². The number of hydrogen-bond donors (Lipinski definition) is 5. The molecule has 1 saturated heterocycles. The lowest BCUT2D eigenvalue weighted by Gasteiger charge is -2.18. The van der Waals surface area contributed by atoms with Gasteiger partial charge in [-0.2, -0.15) is 5.48 Å². The average Bonchev–Trinajstić information content (AvgIpc) is 2.75. The smallest absolute Gasteiger partial charge is 0.206 e. The summed E-state index contributed by atoms with van der Waals surface area (Å²) in [6.07, 6.45) is -6.22. The Morgan fingerprint density at radius 1 is 1.33 bits per heavy atom. The topological polar surface area (TPSA) is 111 Å². The molecule has 1 heterocycles.